The van der Waals surface area contributed by atoms with Gasteiger partial charge in [0.1, 0.15) is 0 Å². The Hall–Kier alpha value is -2.66. The number of rotatable bonds is 3. The second-order valence-corrected chi connectivity index (χ2v) is 8.96. The highest BCUT2D eigenvalue weighted by Crippen LogP contribution is 2.28. The predicted molar refractivity (Wildman–Crippen MR) is 108 cm³/mol. The Morgan fingerprint density at radius 3 is 2.57 bits per heavy atom. The first-order valence-corrected chi connectivity index (χ1v) is 10.7. The summed E-state index contributed by atoms with van der Waals surface area (Å²) in [5.41, 5.74) is 2.33. The van der Waals surface area contributed by atoms with Crippen LogP contribution in [0.1, 0.15) is 5.56 Å². The summed E-state index contributed by atoms with van der Waals surface area (Å²) in [6, 6.07) is 15.8. The van der Waals surface area contributed by atoms with E-state index in [0.29, 0.717) is 36.8 Å². The number of aromatic amines is 1. The third kappa shape index (κ3) is 3.42. The van der Waals surface area contributed by atoms with E-state index in [1.165, 1.54) is 16.4 Å². The molecule has 1 aromatic heterocycles. The maximum absolute atomic E-state index is 12.9. The lowest BCUT2D eigenvalue weighted by molar-refractivity contribution is -0.344. The van der Waals surface area contributed by atoms with E-state index < -0.39 is 10.0 Å². The average molecular weight is 414 g/mol. The Bertz CT molecular complexity index is 1180. The lowest BCUT2D eigenvalue weighted by atomic mass is 10.1. The van der Waals surface area contributed by atoms with Gasteiger partial charge in [-0.25, -0.2) is 13.4 Å². The minimum atomic E-state index is -3.62. The van der Waals surface area contributed by atoms with E-state index in [4.69, 9.17) is 16.9 Å². The van der Waals surface area contributed by atoms with Crippen molar-refractivity contribution in [2.24, 2.45) is 0 Å². The fourth-order valence-electron chi connectivity index (χ4n) is 3.48. The van der Waals surface area contributed by atoms with Crippen LogP contribution in [0, 0.1) is 11.3 Å². The molecule has 0 radical (unpaired) electrons. The van der Waals surface area contributed by atoms with Crippen molar-refractivity contribution in [2.75, 3.05) is 31.1 Å². The minimum Gasteiger partial charge on any atom is -0.368 e. The van der Waals surface area contributed by atoms with Crippen LogP contribution in [0.2, 0.25) is 5.02 Å². The molecule has 2 heterocycles. The molecule has 8 heteroatoms. The lowest BCUT2D eigenvalue weighted by Crippen LogP contribution is -2.48. The first-order chi connectivity index (χ1) is 13.5. The Morgan fingerprint density at radius 1 is 1.04 bits per heavy atom. The highest BCUT2D eigenvalue weighted by molar-refractivity contribution is 7.89. The summed E-state index contributed by atoms with van der Waals surface area (Å²) in [4.78, 5) is 5.54. The highest BCUT2D eigenvalue weighted by Gasteiger charge is 2.29. The van der Waals surface area contributed by atoms with Crippen LogP contribution in [0.25, 0.3) is 10.9 Å². The molecule has 1 aliphatic rings. The van der Waals surface area contributed by atoms with Gasteiger partial charge in [-0.3, -0.25) is 0 Å². The Morgan fingerprint density at radius 2 is 1.82 bits per heavy atom. The molecule has 2 aromatic carbocycles. The number of hydrogen-bond donors (Lipinski definition) is 0. The SMILES string of the molecule is N#Cc1cccc(S(=O)(=O)N2CCN(c3cc[nH+]c4cc(Cl)ccc34)CC2)c1. The van der Waals surface area contributed by atoms with Crippen molar-refractivity contribution in [1.82, 2.24) is 4.31 Å². The van der Waals surface area contributed by atoms with Crippen LogP contribution in [-0.2, 0) is 10.0 Å². The summed E-state index contributed by atoms with van der Waals surface area (Å²) in [6.07, 6.45) is 1.87. The zero-order chi connectivity index (χ0) is 19.7. The van der Waals surface area contributed by atoms with Gasteiger partial charge in [-0.05, 0) is 30.3 Å². The molecule has 0 aliphatic carbocycles. The topological polar surface area (TPSA) is 78.5 Å². The molecule has 1 N–H and O–H groups in total. The van der Waals surface area contributed by atoms with Crippen LogP contribution in [0.4, 0.5) is 5.69 Å². The third-order valence-electron chi connectivity index (χ3n) is 4.92. The van der Waals surface area contributed by atoms with Crippen LogP contribution < -0.4 is 9.88 Å². The summed E-state index contributed by atoms with van der Waals surface area (Å²) in [5, 5.41) is 10.7. The molecule has 3 aromatic rings. The van der Waals surface area contributed by atoms with E-state index >= 15 is 0 Å². The first kappa shape index (κ1) is 18.7. The number of hydrogen-bond acceptors (Lipinski definition) is 4. The van der Waals surface area contributed by atoms with Crippen molar-refractivity contribution in [3.63, 3.8) is 0 Å². The van der Waals surface area contributed by atoms with E-state index in [-0.39, 0.29) is 4.90 Å². The number of aromatic nitrogens is 1. The summed E-state index contributed by atoms with van der Waals surface area (Å²) in [6.45, 7) is 1.93. The molecule has 0 atom stereocenters. The Kier molecular flexibility index (Phi) is 4.94. The number of fused-ring (bicyclic) bond motifs is 1. The maximum Gasteiger partial charge on any atom is 0.243 e. The molecule has 0 saturated carbocycles. The summed E-state index contributed by atoms with van der Waals surface area (Å²) < 4.78 is 27.3. The summed E-state index contributed by atoms with van der Waals surface area (Å²) in [7, 11) is -3.62. The number of benzene rings is 2. The van der Waals surface area contributed by atoms with Crippen molar-refractivity contribution in [3.8, 4) is 6.07 Å². The molecule has 0 unspecified atom stereocenters. The van der Waals surface area contributed by atoms with Gasteiger partial charge in [0, 0.05) is 43.3 Å². The molecular weight excluding hydrogens is 396 g/mol. The molecule has 1 aliphatic heterocycles. The number of nitrogens with zero attached hydrogens (tertiary/aromatic N) is 3. The molecular formula is C20H18ClN4O2S+. The number of pyridine rings is 1. The number of piperazine rings is 1. The van der Waals surface area contributed by atoms with Crippen molar-refractivity contribution in [2.45, 2.75) is 4.90 Å². The quantitative estimate of drug-likeness (QED) is 0.661. The van der Waals surface area contributed by atoms with Gasteiger partial charge in [-0.1, -0.05) is 17.7 Å². The van der Waals surface area contributed by atoms with Crippen LogP contribution in [0.15, 0.2) is 59.6 Å². The molecule has 142 valence electrons. The third-order valence-corrected chi connectivity index (χ3v) is 7.05. The number of H-pyrrole nitrogens is 1. The second kappa shape index (κ2) is 7.40. The van der Waals surface area contributed by atoms with Crippen molar-refractivity contribution >= 4 is 38.2 Å². The Balaban J connectivity index is 1.56. The summed E-state index contributed by atoms with van der Waals surface area (Å²) in [5.74, 6) is 0. The molecule has 28 heavy (non-hydrogen) atoms. The normalized spacial score (nSPS) is 15.5. The molecule has 1 fully saturated rings. The van der Waals surface area contributed by atoms with Crippen LogP contribution in [-0.4, -0.2) is 38.9 Å². The van der Waals surface area contributed by atoms with Gasteiger partial charge in [0.15, 0.2) is 6.20 Å². The van der Waals surface area contributed by atoms with E-state index in [1.807, 2.05) is 36.5 Å². The average Bonchev–Trinajstić information content (AvgIpc) is 2.73. The molecule has 1 saturated heterocycles. The van der Waals surface area contributed by atoms with Gasteiger partial charge < -0.3 is 4.90 Å². The van der Waals surface area contributed by atoms with E-state index in [0.717, 1.165) is 16.6 Å². The zero-order valence-corrected chi connectivity index (χ0v) is 16.5. The standard InChI is InChI=1S/C20H17ClN4O2S/c21-16-4-5-18-19(13-16)23-7-6-20(18)24-8-10-25(11-9-24)28(26,27)17-3-1-2-15(12-17)14-22/h1-7,12-13H,8-11H2/p+1. The number of anilines is 1. The largest absolute Gasteiger partial charge is 0.368 e. The fraction of sp³-hybridized carbons (Fsp3) is 0.200. The smallest absolute Gasteiger partial charge is 0.243 e. The van der Waals surface area contributed by atoms with E-state index in [1.54, 1.807) is 12.1 Å². The van der Waals surface area contributed by atoms with Crippen molar-refractivity contribution in [1.29, 1.82) is 5.26 Å². The second-order valence-electron chi connectivity index (χ2n) is 6.58. The number of nitrogens with one attached hydrogen (secondary N) is 1. The van der Waals surface area contributed by atoms with E-state index in [2.05, 4.69) is 9.88 Å². The van der Waals surface area contributed by atoms with Crippen LogP contribution >= 0.6 is 11.6 Å². The van der Waals surface area contributed by atoms with Gasteiger partial charge in [0.2, 0.25) is 15.5 Å². The maximum atomic E-state index is 12.9. The zero-order valence-electron chi connectivity index (χ0n) is 15.0. The van der Waals surface area contributed by atoms with Gasteiger partial charge in [0.25, 0.3) is 0 Å². The molecule has 4 rings (SSSR count). The molecule has 0 amide bonds. The highest BCUT2D eigenvalue weighted by atomic mass is 35.5. The van der Waals surface area contributed by atoms with Crippen LogP contribution in [0.3, 0.4) is 0 Å². The molecule has 0 bridgehead atoms. The van der Waals surface area contributed by atoms with Gasteiger partial charge in [-0.2, -0.15) is 9.57 Å². The minimum absolute atomic E-state index is 0.161. The number of nitriles is 1. The number of halogens is 1. The number of sulfonamides is 1. The molecule has 0 spiro atoms. The lowest BCUT2D eigenvalue weighted by Gasteiger charge is -2.35. The fourth-order valence-corrected chi connectivity index (χ4v) is 5.12. The van der Waals surface area contributed by atoms with Crippen LogP contribution in [0.5, 0.6) is 0 Å². The van der Waals surface area contributed by atoms with E-state index in [9.17, 15) is 8.42 Å². The van der Waals surface area contributed by atoms with Crippen molar-refractivity contribution < 1.29 is 13.4 Å². The van der Waals surface area contributed by atoms with Gasteiger partial charge >= 0.3 is 0 Å². The monoisotopic (exact) mass is 413 g/mol. The summed E-state index contributed by atoms with van der Waals surface area (Å²) >= 11 is 6.08. The first-order valence-electron chi connectivity index (χ1n) is 8.84. The Labute approximate surface area is 168 Å². The predicted octanol–water partition coefficient (Wildman–Crippen LogP) is 2.69. The van der Waals surface area contributed by atoms with Gasteiger partial charge in [0.05, 0.1) is 27.6 Å². The molecule has 6 nitrogen and oxygen atoms in total. The van der Waals surface area contributed by atoms with Gasteiger partial charge in [-0.15, -0.1) is 0 Å². The van der Waals surface area contributed by atoms with Crippen molar-refractivity contribution in [3.05, 3.63) is 65.3 Å².